The number of anilines is 1. The molecule has 0 bridgehead atoms. The summed E-state index contributed by atoms with van der Waals surface area (Å²) in [6.45, 7) is 1.99. The fourth-order valence-electron chi connectivity index (χ4n) is 2.35. The van der Waals surface area contributed by atoms with Crippen molar-refractivity contribution in [1.29, 1.82) is 0 Å². The van der Waals surface area contributed by atoms with Crippen LogP contribution in [0.4, 0.5) is 5.88 Å². The minimum atomic E-state index is -0.198. The average Bonchev–Trinajstić information content (AvgIpc) is 3.20. The van der Waals surface area contributed by atoms with Crippen molar-refractivity contribution in [2.45, 2.75) is 19.3 Å². The van der Waals surface area contributed by atoms with E-state index in [0.29, 0.717) is 5.88 Å². The first-order chi connectivity index (χ1) is 10.8. The number of aromatic nitrogens is 1. The minimum Gasteiger partial charge on any atom is -0.338 e. The lowest BCUT2D eigenvalue weighted by Gasteiger charge is -2.13. The first-order valence-electron chi connectivity index (χ1n) is 7.13. The quantitative estimate of drug-likeness (QED) is 0.752. The molecule has 2 aromatic heterocycles. The van der Waals surface area contributed by atoms with Crippen LogP contribution in [0.3, 0.4) is 0 Å². The topological polar surface area (TPSA) is 55.1 Å². The molecule has 0 aliphatic carbocycles. The highest BCUT2D eigenvalue weighted by molar-refractivity contribution is 7.08. The molecule has 0 saturated carbocycles. The number of nitrogens with one attached hydrogen (secondary N) is 1. The van der Waals surface area contributed by atoms with Crippen LogP contribution in [0.5, 0.6) is 0 Å². The third-order valence-electron chi connectivity index (χ3n) is 3.50. The van der Waals surface area contributed by atoms with Crippen LogP contribution in [0.25, 0.3) is 11.3 Å². The Kier molecular flexibility index (Phi) is 4.34. The predicted octanol–water partition coefficient (Wildman–Crippen LogP) is 4.54. The molecule has 0 fully saturated rings. The van der Waals surface area contributed by atoms with Crippen LogP contribution in [0, 0.1) is 0 Å². The van der Waals surface area contributed by atoms with Gasteiger partial charge in [0.25, 0.3) is 0 Å². The molecular weight excluding hydrogens is 296 g/mol. The molecule has 0 saturated heterocycles. The summed E-state index contributed by atoms with van der Waals surface area (Å²) in [6.07, 6.45) is 0.724. The molecule has 2 heterocycles. The van der Waals surface area contributed by atoms with Crippen molar-refractivity contribution in [3.8, 4) is 11.3 Å². The Morgan fingerprint density at radius 1 is 1.32 bits per heavy atom. The van der Waals surface area contributed by atoms with Gasteiger partial charge in [-0.05, 0) is 23.4 Å². The first kappa shape index (κ1) is 14.5. The Morgan fingerprint density at radius 2 is 2.14 bits per heavy atom. The zero-order chi connectivity index (χ0) is 15.4. The van der Waals surface area contributed by atoms with Crippen molar-refractivity contribution < 1.29 is 9.32 Å². The maximum Gasteiger partial charge on any atom is 0.234 e. The van der Waals surface area contributed by atoms with E-state index in [4.69, 9.17) is 4.52 Å². The normalized spacial score (nSPS) is 12.0. The van der Waals surface area contributed by atoms with E-state index in [-0.39, 0.29) is 11.8 Å². The third kappa shape index (κ3) is 3.09. The molecule has 3 aromatic rings. The summed E-state index contributed by atoms with van der Waals surface area (Å²) in [5.41, 5.74) is 2.72. The summed E-state index contributed by atoms with van der Waals surface area (Å²) in [5, 5.41) is 10.8. The summed E-state index contributed by atoms with van der Waals surface area (Å²) in [6, 6.07) is 13.5. The second kappa shape index (κ2) is 6.58. The van der Waals surface area contributed by atoms with E-state index in [1.54, 1.807) is 17.4 Å². The molecule has 1 unspecified atom stereocenters. The highest BCUT2D eigenvalue weighted by Gasteiger charge is 2.20. The largest absolute Gasteiger partial charge is 0.338 e. The van der Waals surface area contributed by atoms with Gasteiger partial charge < -0.3 is 4.52 Å². The van der Waals surface area contributed by atoms with Crippen molar-refractivity contribution >= 4 is 23.1 Å². The lowest BCUT2D eigenvalue weighted by atomic mass is 9.96. The summed E-state index contributed by atoms with van der Waals surface area (Å²) in [7, 11) is 0. The van der Waals surface area contributed by atoms with E-state index in [1.807, 2.05) is 54.1 Å². The van der Waals surface area contributed by atoms with E-state index in [9.17, 15) is 4.79 Å². The fraction of sp³-hybridized carbons (Fsp3) is 0.176. The number of hydrogen-bond acceptors (Lipinski definition) is 4. The lowest BCUT2D eigenvalue weighted by molar-refractivity contribution is -0.117. The van der Waals surface area contributed by atoms with Crippen LogP contribution >= 0.6 is 11.3 Å². The van der Waals surface area contributed by atoms with Gasteiger partial charge in [0.05, 0.1) is 5.92 Å². The zero-order valence-electron chi connectivity index (χ0n) is 12.2. The van der Waals surface area contributed by atoms with Gasteiger partial charge in [-0.15, -0.1) is 0 Å². The summed E-state index contributed by atoms with van der Waals surface area (Å²) < 4.78 is 5.21. The molecule has 1 amide bonds. The standard InChI is InChI=1S/C17H16N2O2S/c1-2-14(12-6-4-3-5-7-12)17(20)18-16-10-15(19-21-16)13-8-9-22-11-13/h3-11,14H,2H2,1H3,(H,18,20). The van der Waals surface area contributed by atoms with Crippen molar-refractivity contribution in [3.05, 3.63) is 58.8 Å². The Labute approximate surface area is 132 Å². The zero-order valence-corrected chi connectivity index (χ0v) is 13.0. The van der Waals surface area contributed by atoms with Crippen molar-refractivity contribution in [2.24, 2.45) is 0 Å². The molecular formula is C17H16N2O2S. The average molecular weight is 312 g/mol. The van der Waals surface area contributed by atoms with Gasteiger partial charge in [-0.3, -0.25) is 10.1 Å². The number of rotatable bonds is 5. The number of thiophene rings is 1. The number of amides is 1. The third-order valence-corrected chi connectivity index (χ3v) is 4.18. The van der Waals surface area contributed by atoms with Gasteiger partial charge in [0.2, 0.25) is 11.8 Å². The number of carbonyl (C=O) groups excluding carboxylic acids is 1. The second-order valence-corrected chi connectivity index (χ2v) is 5.73. The van der Waals surface area contributed by atoms with Crippen LogP contribution in [-0.2, 0) is 4.79 Å². The van der Waals surface area contributed by atoms with Gasteiger partial charge in [-0.25, -0.2) is 0 Å². The summed E-state index contributed by atoms with van der Waals surface area (Å²) in [5.74, 6) is 0.0956. The van der Waals surface area contributed by atoms with Gasteiger partial charge in [0, 0.05) is 17.0 Å². The monoisotopic (exact) mass is 312 g/mol. The molecule has 3 rings (SSSR count). The van der Waals surface area contributed by atoms with Crippen LogP contribution < -0.4 is 5.32 Å². The molecule has 0 radical (unpaired) electrons. The smallest absolute Gasteiger partial charge is 0.234 e. The molecule has 0 spiro atoms. The highest BCUT2D eigenvalue weighted by atomic mass is 32.1. The number of hydrogen-bond donors (Lipinski definition) is 1. The molecule has 4 nitrogen and oxygen atoms in total. The SMILES string of the molecule is CCC(C(=O)Nc1cc(-c2ccsc2)no1)c1ccccc1. The Balaban J connectivity index is 1.73. The van der Waals surface area contributed by atoms with Gasteiger partial charge in [0.15, 0.2) is 0 Å². The lowest BCUT2D eigenvalue weighted by Crippen LogP contribution is -2.20. The van der Waals surface area contributed by atoms with Crippen molar-refractivity contribution in [1.82, 2.24) is 5.16 Å². The number of carbonyl (C=O) groups is 1. The maximum absolute atomic E-state index is 12.4. The van der Waals surface area contributed by atoms with Crippen LogP contribution in [-0.4, -0.2) is 11.1 Å². The highest BCUT2D eigenvalue weighted by Crippen LogP contribution is 2.25. The van der Waals surface area contributed by atoms with E-state index in [0.717, 1.165) is 23.2 Å². The van der Waals surface area contributed by atoms with E-state index < -0.39 is 0 Å². The van der Waals surface area contributed by atoms with Crippen LogP contribution in [0.1, 0.15) is 24.8 Å². The summed E-state index contributed by atoms with van der Waals surface area (Å²) >= 11 is 1.59. The van der Waals surface area contributed by atoms with E-state index in [1.165, 1.54) is 0 Å². The number of nitrogens with zero attached hydrogens (tertiary/aromatic N) is 1. The van der Waals surface area contributed by atoms with Gasteiger partial charge >= 0.3 is 0 Å². The van der Waals surface area contributed by atoms with E-state index in [2.05, 4.69) is 10.5 Å². The minimum absolute atomic E-state index is 0.0817. The molecule has 0 aliphatic rings. The molecule has 1 atom stereocenters. The van der Waals surface area contributed by atoms with Crippen molar-refractivity contribution in [3.63, 3.8) is 0 Å². The van der Waals surface area contributed by atoms with Gasteiger partial charge in [0.1, 0.15) is 5.69 Å². The summed E-state index contributed by atoms with van der Waals surface area (Å²) in [4.78, 5) is 12.4. The molecule has 5 heteroatoms. The van der Waals surface area contributed by atoms with Crippen LogP contribution in [0.15, 0.2) is 57.7 Å². The van der Waals surface area contributed by atoms with E-state index >= 15 is 0 Å². The molecule has 1 N–H and O–H groups in total. The Bertz CT molecular complexity index is 735. The maximum atomic E-state index is 12.4. The molecule has 1 aromatic carbocycles. The predicted molar refractivity (Wildman–Crippen MR) is 87.9 cm³/mol. The Hall–Kier alpha value is -2.40. The second-order valence-electron chi connectivity index (χ2n) is 4.95. The van der Waals surface area contributed by atoms with Crippen molar-refractivity contribution in [2.75, 3.05) is 5.32 Å². The van der Waals surface area contributed by atoms with Crippen LogP contribution in [0.2, 0.25) is 0 Å². The Morgan fingerprint density at radius 3 is 2.82 bits per heavy atom. The first-order valence-corrected chi connectivity index (χ1v) is 8.07. The van der Waals surface area contributed by atoms with Gasteiger partial charge in [-0.1, -0.05) is 42.4 Å². The van der Waals surface area contributed by atoms with Gasteiger partial charge in [-0.2, -0.15) is 11.3 Å². The molecule has 22 heavy (non-hydrogen) atoms. The number of benzene rings is 1. The molecule has 0 aliphatic heterocycles. The fourth-order valence-corrected chi connectivity index (χ4v) is 3.00. The molecule has 112 valence electrons.